The molecule has 3 aromatic rings. The van der Waals surface area contributed by atoms with Gasteiger partial charge in [0.05, 0.1) is 11.2 Å². The van der Waals surface area contributed by atoms with Crippen LogP contribution < -0.4 is 9.74 Å². The zero-order valence-corrected chi connectivity index (χ0v) is 21.7. The highest BCUT2D eigenvalue weighted by molar-refractivity contribution is 7.14. The van der Waals surface area contributed by atoms with Crippen LogP contribution in [-0.2, 0) is 0 Å². The summed E-state index contributed by atoms with van der Waals surface area (Å²) in [6, 6.07) is 7.83. The Morgan fingerprint density at radius 3 is 2.13 bits per heavy atom. The average molecular weight is 458 g/mol. The quantitative estimate of drug-likeness (QED) is 0.344. The van der Waals surface area contributed by atoms with Crippen molar-refractivity contribution in [3.8, 4) is 22.9 Å². The Kier molecular flexibility index (Phi) is 6.96. The number of nitrogens with one attached hydrogen (secondary N) is 1. The molecule has 7 heteroatoms. The van der Waals surface area contributed by atoms with E-state index in [0.29, 0.717) is 28.4 Å². The lowest BCUT2D eigenvalue weighted by molar-refractivity contribution is 0.478. The molecule has 1 aromatic carbocycles. The van der Waals surface area contributed by atoms with E-state index in [1.165, 1.54) is 0 Å². The molecule has 3 rings (SSSR count). The lowest BCUT2D eigenvalue weighted by Gasteiger charge is -2.42. The highest BCUT2D eigenvalue weighted by atomic mass is 32.1. The Hall–Kier alpha value is -2.12. The molecular weight excluding hydrogens is 422 g/mol. The van der Waals surface area contributed by atoms with Crippen LogP contribution in [0.2, 0.25) is 16.6 Å². The van der Waals surface area contributed by atoms with Crippen molar-refractivity contribution in [1.82, 2.24) is 9.97 Å². The number of thiazole rings is 1. The number of rotatable bonds is 8. The molecule has 0 fully saturated rings. The number of nitrogens with zero attached hydrogens (tertiary/aromatic N) is 2. The first-order valence-electron chi connectivity index (χ1n) is 11.1. The van der Waals surface area contributed by atoms with E-state index in [9.17, 15) is 5.11 Å². The number of fused-ring (bicyclic) bond motifs is 1. The molecule has 0 amide bonds. The maximum absolute atomic E-state index is 10.6. The minimum Gasteiger partial charge on any atom is -0.543 e. The SMILES string of the molecule is CC(C)Nc1nc(-c2cc(O)c3ccc(O[Si](C(C)C)(C(C)C)C(C)C)cc3n2)cs1. The highest BCUT2D eigenvalue weighted by Crippen LogP contribution is 2.43. The van der Waals surface area contributed by atoms with Crippen molar-refractivity contribution >= 4 is 35.7 Å². The van der Waals surface area contributed by atoms with Gasteiger partial charge in [-0.05, 0) is 42.6 Å². The van der Waals surface area contributed by atoms with E-state index in [4.69, 9.17) is 9.41 Å². The third-order valence-corrected chi connectivity index (χ3v) is 12.7. The number of aromatic nitrogens is 2. The van der Waals surface area contributed by atoms with E-state index in [1.54, 1.807) is 17.4 Å². The van der Waals surface area contributed by atoms with E-state index >= 15 is 0 Å². The van der Waals surface area contributed by atoms with Crippen LogP contribution in [0.3, 0.4) is 0 Å². The standard InChI is InChI=1S/C24H35N3O2SSi/c1-14(2)25-24-27-22(13-30-24)21-12-23(28)19-10-9-18(11-20(19)26-21)29-31(15(3)4,16(5)6)17(7)8/h9-17H,1-8H3,(H,25,27)(H,26,28). The van der Waals surface area contributed by atoms with Gasteiger partial charge in [0.2, 0.25) is 0 Å². The Morgan fingerprint density at radius 2 is 1.55 bits per heavy atom. The zero-order valence-electron chi connectivity index (χ0n) is 19.9. The molecule has 0 aliphatic rings. The van der Waals surface area contributed by atoms with Crippen LogP contribution >= 0.6 is 11.3 Å². The molecule has 0 radical (unpaired) electrons. The number of anilines is 1. The second-order valence-corrected chi connectivity index (χ2v) is 15.7. The molecule has 0 unspecified atom stereocenters. The fraction of sp³-hybridized carbons (Fsp3) is 0.500. The predicted molar refractivity (Wildman–Crippen MR) is 135 cm³/mol. The highest BCUT2D eigenvalue weighted by Gasteiger charge is 2.47. The summed E-state index contributed by atoms with van der Waals surface area (Å²) in [6.45, 7) is 17.8. The fourth-order valence-corrected chi connectivity index (χ4v) is 10.7. The summed E-state index contributed by atoms with van der Waals surface area (Å²) in [7, 11) is -2.07. The molecule has 0 aliphatic carbocycles. The first kappa shape index (κ1) is 23.5. The number of benzene rings is 1. The lowest BCUT2D eigenvalue weighted by atomic mass is 10.1. The van der Waals surface area contributed by atoms with Gasteiger partial charge in [-0.2, -0.15) is 0 Å². The molecule has 0 aliphatic heterocycles. The summed E-state index contributed by atoms with van der Waals surface area (Å²) >= 11 is 1.54. The van der Waals surface area contributed by atoms with Crippen molar-refractivity contribution in [1.29, 1.82) is 0 Å². The third kappa shape index (κ3) is 4.72. The van der Waals surface area contributed by atoms with E-state index < -0.39 is 8.32 Å². The van der Waals surface area contributed by atoms with Gasteiger partial charge in [0.15, 0.2) is 5.13 Å². The van der Waals surface area contributed by atoms with Gasteiger partial charge in [-0.25, -0.2) is 9.97 Å². The first-order valence-corrected chi connectivity index (χ1v) is 14.1. The van der Waals surface area contributed by atoms with Crippen LogP contribution in [0.25, 0.3) is 22.3 Å². The topological polar surface area (TPSA) is 67.3 Å². The summed E-state index contributed by atoms with van der Waals surface area (Å²) in [4.78, 5) is 9.45. The van der Waals surface area contributed by atoms with Crippen molar-refractivity contribution in [2.45, 2.75) is 78.1 Å². The summed E-state index contributed by atoms with van der Waals surface area (Å²) < 4.78 is 6.82. The van der Waals surface area contributed by atoms with Crippen molar-refractivity contribution < 1.29 is 9.53 Å². The number of pyridine rings is 1. The van der Waals surface area contributed by atoms with Crippen molar-refractivity contribution in [2.24, 2.45) is 0 Å². The molecule has 0 bridgehead atoms. The van der Waals surface area contributed by atoms with E-state index in [1.807, 2.05) is 23.6 Å². The van der Waals surface area contributed by atoms with Gasteiger partial charge in [0.25, 0.3) is 8.32 Å². The van der Waals surface area contributed by atoms with Crippen LogP contribution in [0.5, 0.6) is 11.5 Å². The Balaban J connectivity index is 2.02. The van der Waals surface area contributed by atoms with Gasteiger partial charge >= 0.3 is 0 Å². The Bertz CT molecular complexity index is 1020. The molecule has 2 heterocycles. The normalized spacial score (nSPS) is 12.5. The van der Waals surface area contributed by atoms with Crippen LogP contribution in [-0.4, -0.2) is 29.4 Å². The summed E-state index contributed by atoms with van der Waals surface area (Å²) in [5.41, 5.74) is 3.59. The molecule has 31 heavy (non-hydrogen) atoms. The van der Waals surface area contributed by atoms with Crippen LogP contribution in [0.4, 0.5) is 5.13 Å². The van der Waals surface area contributed by atoms with Crippen molar-refractivity contribution in [3.05, 3.63) is 29.6 Å². The van der Waals surface area contributed by atoms with Crippen molar-refractivity contribution in [3.63, 3.8) is 0 Å². The molecule has 0 saturated heterocycles. The van der Waals surface area contributed by atoms with Gasteiger partial charge in [0, 0.05) is 28.9 Å². The van der Waals surface area contributed by atoms with Gasteiger partial charge in [-0.1, -0.05) is 41.5 Å². The number of hydrogen-bond donors (Lipinski definition) is 2. The molecule has 168 valence electrons. The second-order valence-electron chi connectivity index (χ2n) is 9.46. The Morgan fingerprint density at radius 1 is 0.903 bits per heavy atom. The molecule has 5 nitrogen and oxygen atoms in total. The molecule has 0 saturated carbocycles. The summed E-state index contributed by atoms with van der Waals surface area (Å²) in [5, 5.41) is 17.5. The number of hydrogen-bond acceptors (Lipinski definition) is 6. The van der Waals surface area contributed by atoms with E-state index in [0.717, 1.165) is 27.5 Å². The van der Waals surface area contributed by atoms with E-state index in [2.05, 4.69) is 65.7 Å². The molecule has 2 aromatic heterocycles. The molecular formula is C24H35N3O2SSi. The van der Waals surface area contributed by atoms with Gasteiger partial charge < -0.3 is 14.8 Å². The molecule has 0 spiro atoms. The van der Waals surface area contributed by atoms with Gasteiger partial charge in [0.1, 0.15) is 17.2 Å². The van der Waals surface area contributed by atoms with Crippen LogP contribution in [0, 0.1) is 0 Å². The third-order valence-electron chi connectivity index (χ3n) is 5.94. The summed E-state index contributed by atoms with van der Waals surface area (Å²) in [6.07, 6.45) is 0. The Labute approximate surface area is 191 Å². The number of aromatic hydroxyl groups is 1. The second kappa shape index (κ2) is 9.16. The lowest BCUT2D eigenvalue weighted by Crippen LogP contribution is -2.50. The minimum atomic E-state index is -2.07. The average Bonchev–Trinajstić information content (AvgIpc) is 3.12. The van der Waals surface area contributed by atoms with E-state index in [-0.39, 0.29) is 5.75 Å². The molecule has 0 atom stereocenters. The van der Waals surface area contributed by atoms with Crippen LogP contribution in [0.1, 0.15) is 55.4 Å². The minimum absolute atomic E-state index is 0.206. The van der Waals surface area contributed by atoms with Gasteiger partial charge in [-0.3, -0.25) is 0 Å². The monoisotopic (exact) mass is 457 g/mol. The van der Waals surface area contributed by atoms with Crippen LogP contribution in [0.15, 0.2) is 29.6 Å². The maximum atomic E-state index is 10.6. The fourth-order valence-electron chi connectivity index (χ4n) is 4.65. The predicted octanol–water partition coefficient (Wildman–Crippen LogP) is 7.44. The maximum Gasteiger partial charge on any atom is 0.258 e. The summed E-state index contributed by atoms with van der Waals surface area (Å²) in [5.74, 6) is 1.04. The zero-order chi connectivity index (χ0) is 22.9. The first-order chi connectivity index (χ1) is 14.5. The molecule has 2 N–H and O–H groups in total. The largest absolute Gasteiger partial charge is 0.543 e. The van der Waals surface area contributed by atoms with Crippen molar-refractivity contribution in [2.75, 3.05) is 5.32 Å². The smallest absolute Gasteiger partial charge is 0.258 e. The van der Waals surface area contributed by atoms with Gasteiger partial charge in [-0.15, -0.1) is 11.3 Å².